The van der Waals surface area contributed by atoms with E-state index in [1.54, 1.807) is 12.1 Å². The van der Waals surface area contributed by atoms with E-state index in [4.69, 9.17) is 4.74 Å². The summed E-state index contributed by atoms with van der Waals surface area (Å²) in [5.41, 5.74) is -0.382. The average Bonchev–Trinajstić information content (AvgIpc) is 2.55. The lowest BCUT2D eigenvalue weighted by molar-refractivity contribution is 0.122. The molecule has 1 aromatic heterocycles. The second-order valence-corrected chi connectivity index (χ2v) is 4.92. The number of rotatable bonds is 3. The first-order valence-corrected chi connectivity index (χ1v) is 7.03. The van der Waals surface area contributed by atoms with Crippen molar-refractivity contribution in [2.24, 2.45) is 10.2 Å². The third kappa shape index (κ3) is 3.46. The minimum Gasteiger partial charge on any atom is -0.493 e. The standard InChI is InChI=1S/C14H15N5O4/c20-12-11(13(21)16-14(22)15-12)18-17-9-1-3-10(4-2-9)19-5-7-23-8-6-19/h1-4H,5-8H2,(H3,15,16,20,21,22). The van der Waals surface area contributed by atoms with Gasteiger partial charge in [0.05, 0.1) is 18.9 Å². The summed E-state index contributed by atoms with van der Waals surface area (Å²) in [4.78, 5) is 28.7. The molecule has 1 aliphatic heterocycles. The highest BCUT2D eigenvalue weighted by molar-refractivity contribution is 5.53. The van der Waals surface area contributed by atoms with Crippen LogP contribution in [0.15, 0.2) is 44.1 Å². The van der Waals surface area contributed by atoms with Crippen molar-refractivity contribution in [3.05, 3.63) is 45.1 Å². The summed E-state index contributed by atoms with van der Waals surface area (Å²) in [6, 6.07) is 7.31. The molecular formula is C14H15N5O4. The van der Waals surface area contributed by atoms with Crippen LogP contribution in [0.3, 0.4) is 0 Å². The molecule has 9 nitrogen and oxygen atoms in total. The number of nitrogens with zero attached hydrogens (tertiary/aromatic N) is 3. The molecule has 1 fully saturated rings. The van der Waals surface area contributed by atoms with Crippen LogP contribution in [0.1, 0.15) is 0 Å². The molecule has 0 amide bonds. The molecule has 2 heterocycles. The lowest BCUT2D eigenvalue weighted by atomic mass is 10.2. The van der Waals surface area contributed by atoms with Crippen LogP contribution in [0, 0.1) is 0 Å². The number of anilines is 1. The van der Waals surface area contributed by atoms with Crippen molar-refractivity contribution in [3.63, 3.8) is 0 Å². The number of aromatic hydroxyl groups is 1. The molecule has 0 unspecified atom stereocenters. The normalized spacial score (nSPS) is 15.2. The van der Waals surface area contributed by atoms with Crippen molar-refractivity contribution in [3.8, 4) is 5.88 Å². The molecule has 0 spiro atoms. The fourth-order valence-electron chi connectivity index (χ4n) is 2.22. The Bertz CT molecular complexity index is 818. The quantitative estimate of drug-likeness (QED) is 0.729. The predicted molar refractivity (Wildman–Crippen MR) is 83.0 cm³/mol. The first kappa shape index (κ1) is 15.0. The number of hydrogen-bond acceptors (Lipinski definition) is 7. The van der Waals surface area contributed by atoms with E-state index >= 15 is 0 Å². The fourth-order valence-corrected chi connectivity index (χ4v) is 2.22. The first-order valence-electron chi connectivity index (χ1n) is 7.03. The number of aromatic amines is 2. The van der Waals surface area contributed by atoms with Gasteiger partial charge >= 0.3 is 5.69 Å². The van der Waals surface area contributed by atoms with Crippen LogP contribution >= 0.6 is 0 Å². The van der Waals surface area contributed by atoms with Gasteiger partial charge in [0.1, 0.15) is 0 Å². The molecule has 2 aromatic rings. The van der Waals surface area contributed by atoms with Gasteiger partial charge in [-0.15, -0.1) is 5.11 Å². The topological polar surface area (TPSA) is 123 Å². The summed E-state index contributed by atoms with van der Waals surface area (Å²) in [6.07, 6.45) is 0. The van der Waals surface area contributed by atoms with Crippen LogP contribution in [0.4, 0.5) is 17.1 Å². The second kappa shape index (κ2) is 6.44. The van der Waals surface area contributed by atoms with Crippen molar-refractivity contribution < 1.29 is 9.84 Å². The van der Waals surface area contributed by atoms with Crippen molar-refractivity contribution in [1.82, 2.24) is 9.97 Å². The minimum atomic E-state index is -0.806. The van der Waals surface area contributed by atoms with Crippen molar-refractivity contribution >= 4 is 17.1 Å². The number of azo groups is 1. The zero-order valence-electron chi connectivity index (χ0n) is 12.2. The van der Waals surface area contributed by atoms with Crippen LogP contribution in [-0.2, 0) is 4.74 Å². The number of hydrogen-bond donors (Lipinski definition) is 3. The predicted octanol–water partition coefficient (Wildman–Crippen LogP) is 1.02. The highest BCUT2D eigenvalue weighted by atomic mass is 16.5. The van der Waals surface area contributed by atoms with Gasteiger partial charge in [-0.25, -0.2) is 4.79 Å². The molecule has 1 aliphatic rings. The molecule has 1 saturated heterocycles. The summed E-state index contributed by atoms with van der Waals surface area (Å²) in [5.74, 6) is -0.618. The molecular weight excluding hydrogens is 302 g/mol. The Morgan fingerprint density at radius 1 is 1.04 bits per heavy atom. The molecule has 23 heavy (non-hydrogen) atoms. The van der Waals surface area contributed by atoms with E-state index in [0.29, 0.717) is 18.9 Å². The van der Waals surface area contributed by atoms with Crippen molar-refractivity contribution in [2.75, 3.05) is 31.2 Å². The number of H-pyrrole nitrogens is 2. The summed E-state index contributed by atoms with van der Waals surface area (Å²) in [7, 11) is 0. The Morgan fingerprint density at radius 2 is 1.74 bits per heavy atom. The first-order chi connectivity index (χ1) is 11.1. The van der Waals surface area contributed by atoms with Gasteiger partial charge in [-0.3, -0.25) is 14.8 Å². The average molecular weight is 317 g/mol. The smallest absolute Gasteiger partial charge is 0.328 e. The van der Waals surface area contributed by atoms with E-state index in [2.05, 4.69) is 15.1 Å². The van der Waals surface area contributed by atoms with Crippen molar-refractivity contribution in [2.45, 2.75) is 0 Å². The highest BCUT2D eigenvalue weighted by Crippen LogP contribution is 2.23. The minimum absolute atomic E-state index is 0.346. The zero-order valence-corrected chi connectivity index (χ0v) is 12.2. The Balaban J connectivity index is 1.78. The molecule has 3 N–H and O–H groups in total. The van der Waals surface area contributed by atoms with E-state index in [1.807, 2.05) is 22.1 Å². The largest absolute Gasteiger partial charge is 0.493 e. The van der Waals surface area contributed by atoms with Gasteiger partial charge in [-0.2, -0.15) is 5.11 Å². The molecule has 120 valence electrons. The maximum absolute atomic E-state index is 11.5. The Morgan fingerprint density at radius 3 is 2.39 bits per heavy atom. The van der Waals surface area contributed by atoms with Crippen LogP contribution < -0.4 is 16.1 Å². The van der Waals surface area contributed by atoms with Crippen molar-refractivity contribution in [1.29, 1.82) is 0 Å². The van der Waals surface area contributed by atoms with Gasteiger partial charge in [-0.05, 0) is 24.3 Å². The molecule has 9 heteroatoms. The molecule has 0 atom stereocenters. The number of morpholine rings is 1. The summed E-state index contributed by atoms with van der Waals surface area (Å²) >= 11 is 0. The number of benzene rings is 1. The number of aromatic nitrogens is 2. The van der Waals surface area contributed by atoms with Gasteiger partial charge < -0.3 is 14.7 Å². The van der Waals surface area contributed by atoms with E-state index in [9.17, 15) is 14.7 Å². The van der Waals surface area contributed by atoms with E-state index in [0.717, 1.165) is 18.8 Å². The maximum Gasteiger partial charge on any atom is 0.328 e. The molecule has 0 aliphatic carbocycles. The lowest BCUT2D eigenvalue weighted by Crippen LogP contribution is -2.36. The van der Waals surface area contributed by atoms with Crippen LogP contribution in [0.2, 0.25) is 0 Å². The Hall–Kier alpha value is -2.94. The number of ether oxygens (including phenoxy) is 1. The zero-order chi connectivity index (χ0) is 16.2. The summed E-state index contributed by atoms with van der Waals surface area (Å²) < 4.78 is 5.31. The SMILES string of the molecule is O=c1[nH]c(O)c(N=Nc2ccc(N3CCOCC3)cc2)c(=O)[nH]1. The van der Waals surface area contributed by atoms with Gasteiger partial charge in [0, 0.05) is 18.8 Å². The third-order valence-electron chi connectivity index (χ3n) is 3.39. The second-order valence-electron chi connectivity index (χ2n) is 4.92. The Labute approximate surface area is 130 Å². The number of nitrogens with one attached hydrogen (secondary N) is 2. The lowest BCUT2D eigenvalue weighted by Gasteiger charge is -2.28. The molecule has 0 bridgehead atoms. The molecule has 1 aromatic carbocycles. The molecule has 0 saturated carbocycles. The highest BCUT2D eigenvalue weighted by Gasteiger charge is 2.11. The van der Waals surface area contributed by atoms with E-state index in [1.165, 1.54) is 0 Å². The van der Waals surface area contributed by atoms with E-state index < -0.39 is 17.1 Å². The summed E-state index contributed by atoms with van der Waals surface area (Å²) in [6.45, 7) is 3.08. The molecule has 0 radical (unpaired) electrons. The third-order valence-corrected chi connectivity index (χ3v) is 3.39. The van der Waals surface area contributed by atoms with Gasteiger partial charge in [-0.1, -0.05) is 0 Å². The molecule has 3 rings (SSSR count). The van der Waals surface area contributed by atoms with Crippen LogP contribution in [-0.4, -0.2) is 41.4 Å². The van der Waals surface area contributed by atoms with Gasteiger partial charge in [0.2, 0.25) is 11.6 Å². The van der Waals surface area contributed by atoms with Crippen LogP contribution in [0.25, 0.3) is 0 Å². The monoisotopic (exact) mass is 317 g/mol. The summed E-state index contributed by atoms with van der Waals surface area (Å²) in [5, 5.41) is 17.1. The van der Waals surface area contributed by atoms with Crippen LogP contribution in [0.5, 0.6) is 5.88 Å². The van der Waals surface area contributed by atoms with Gasteiger partial charge in [0.15, 0.2) is 0 Å². The van der Waals surface area contributed by atoms with Gasteiger partial charge in [0.25, 0.3) is 5.56 Å². The Kier molecular flexibility index (Phi) is 4.20. The van der Waals surface area contributed by atoms with E-state index in [-0.39, 0.29) is 5.69 Å². The fraction of sp³-hybridized carbons (Fsp3) is 0.286. The maximum atomic E-state index is 11.5.